The van der Waals surface area contributed by atoms with Crippen LogP contribution in [0.5, 0.6) is 11.6 Å². The maximum absolute atomic E-state index is 11.7. The van der Waals surface area contributed by atoms with Crippen LogP contribution in [0, 0.1) is 0 Å². The van der Waals surface area contributed by atoms with E-state index in [1.54, 1.807) is 4.90 Å². The zero-order valence-corrected chi connectivity index (χ0v) is 19.3. The molecule has 0 saturated carbocycles. The van der Waals surface area contributed by atoms with E-state index in [2.05, 4.69) is 33.8 Å². The van der Waals surface area contributed by atoms with Crippen molar-refractivity contribution in [2.75, 3.05) is 33.3 Å². The van der Waals surface area contributed by atoms with Crippen LogP contribution in [0.1, 0.15) is 30.1 Å². The predicted molar refractivity (Wildman–Crippen MR) is 128 cm³/mol. The number of nitrogens with zero attached hydrogens (tertiary/aromatic N) is 4. The molecule has 9 heteroatoms. The number of nitrogens with one attached hydrogen (secondary N) is 2. The molecule has 5 rings (SSSR count). The van der Waals surface area contributed by atoms with E-state index in [0.29, 0.717) is 25.5 Å². The third kappa shape index (κ3) is 5.02. The van der Waals surface area contributed by atoms with Crippen molar-refractivity contribution >= 4 is 16.8 Å². The Morgan fingerprint density at radius 2 is 2.15 bits per heavy atom. The first kappa shape index (κ1) is 22.7. The van der Waals surface area contributed by atoms with Crippen molar-refractivity contribution < 1.29 is 14.6 Å². The highest BCUT2D eigenvalue weighted by molar-refractivity contribution is 5.80. The molecule has 2 saturated heterocycles. The first-order valence-electron chi connectivity index (χ1n) is 11.7. The number of aliphatic hydroxyl groups is 1. The second kappa shape index (κ2) is 10.0. The lowest BCUT2D eigenvalue weighted by Gasteiger charge is -2.24. The molecular formula is C25H30N6O3. The average molecular weight is 463 g/mol. The normalized spacial score (nSPS) is 20.4. The number of benzene rings is 1. The van der Waals surface area contributed by atoms with E-state index in [0.717, 1.165) is 47.3 Å². The highest BCUT2D eigenvalue weighted by Gasteiger charge is 2.28. The fourth-order valence-electron chi connectivity index (χ4n) is 4.62. The van der Waals surface area contributed by atoms with Gasteiger partial charge in [-0.05, 0) is 49.7 Å². The van der Waals surface area contributed by atoms with Gasteiger partial charge in [-0.25, -0.2) is 4.98 Å². The Kier molecular flexibility index (Phi) is 6.68. The Hall–Kier alpha value is -3.11. The summed E-state index contributed by atoms with van der Waals surface area (Å²) < 4.78 is 5.97. The van der Waals surface area contributed by atoms with Gasteiger partial charge in [-0.1, -0.05) is 12.1 Å². The van der Waals surface area contributed by atoms with Crippen molar-refractivity contribution in [3.05, 3.63) is 59.9 Å². The van der Waals surface area contributed by atoms with Crippen LogP contribution in [0.2, 0.25) is 0 Å². The third-order valence-corrected chi connectivity index (χ3v) is 6.62. The summed E-state index contributed by atoms with van der Waals surface area (Å²) in [6, 6.07) is 14.4. The van der Waals surface area contributed by atoms with Crippen LogP contribution < -0.4 is 15.6 Å². The number of hydrazine groups is 1. The van der Waals surface area contributed by atoms with Crippen LogP contribution in [0.15, 0.2) is 48.7 Å². The van der Waals surface area contributed by atoms with Gasteiger partial charge >= 0.3 is 0 Å². The van der Waals surface area contributed by atoms with Gasteiger partial charge in [-0.3, -0.25) is 25.5 Å². The lowest BCUT2D eigenvalue weighted by molar-refractivity contribution is -0.133. The first-order chi connectivity index (χ1) is 16.6. The Bertz CT molecular complexity index is 1150. The number of carbonyl (C=O) groups is 1. The van der Waals surface area contributed by atoms with Gasteiger partial charge in [0, 0.05) is 55.9 Å². The Morgan fingerprint density at radius 1 is 1.24 bits per heavy atom. The van der Waals surface area contributed by atoms with Crippen molar-refractivity contribution in [3.8, 4) is 11.6 Å². The Labute approximate surface area is 198 Å². The van der Waals surface area contributed by atoms with Crippen LogP contribution in [0.25, 0.3) is 10.9 Å². The summed E-state index contributed by atoms with van der Waals surface area (Å²) in [5.41, 5.74) is 9.40. The topological polar surface area (TPSA) is 103 Å². The van der Waals surface area contributed by atoms with E-state index in [9.17, 15) is 4.79 Å². The van der Waals surface area contributed by atoms with Crippen LogP contribution in [0.4, 0.5) is 0 Å². The number of amides is 1. The maximum atomic E-state index is 11.7. The standard InChI is InChI=1S/C25H30N6O3/c1-30(20-9-11-31(15-20)25(33)16-32)14-19-4-2-17-12-21(5-6-22(17)28-19)34-24-7-3-18(13-26-24)23-8-10-27-29-23/h2-7,12-13,20,23,27,29,32H,8-11,14-16H2,1H3/t20-,23?/m1/s1. The summed E-state index contributed by atoms with van der Waals surface area (Å²) in [7, 11) is 2.05. The second-order valence-corrected chi connectivity index (χ2v) is 8.96. The highest BCUT2D eigenvalue weighted by atomic mass is 16.5. The molecule has 34 heavy (non-hydrogen) atoms. The molecule has 2 fully saturated rings. The smallest absolute Gasteiger partial charge is 0.248 e. The zero-order chi connectivity index (χ0) is 23.5. The van der Waals surface area contributed by atoms with Crippen molar-refractivity contribution in [2.24, 2.45) is 0 Å². The van der Waals surface area contributed by atoms with Crippen LogP contribution >= 0.6 is 0 Å². The Morgan fingerprint density at radius 3 is 2.91 bits per heavy atom. The molecule has 2 aliphatic rings. The Balaban J connectivity index is 1.21. The van der Waals surface area contributed by atoms with Crippen molar-refractivity contribution in [1.29, 1.82) is 0 Å². The van der Waals surface area contributed by atoms with Crippen molar-refractivity contribution in [1.82, 2.24) is 30.6 Å². The number of hydrogen-bond donors (Lipinski definition) is 3. The third-order valence-electron chi connectivity index (χ3n) is 6.62. The predicted octanol–water partition coefficient (Wildman–Crippen LogP) is 1.99. The van der Waals surface area contributed by atoms with Gasteiger partial charge in [0.05, 0.1) is 11.2 Å². The number of aliphatic hydroxyl groups excluding tert-OH is 1. The summed E-state index contributed by atoms with van der Waals surface area (Å²) >= 11 is 0. The quantitative estimate of drug-likeness (QED) is 0.490. The minimum atomic E-state index is -0.425. The summed E-state index contributed by atoms with van der Waals surface area (Å²) in [5.74, 6) is 1.08. The zero-order valence-electron chi connectivity index (χ0n) is 19.3. The number of fused-ring (bicyclic) bond motifs is 1. The number of hydrogen-bond acceptors (Lipinski definition) is 8. The van der Waals surface area contributed by atoms with Gasteiger partial charge in [0.25, 0.3) is 0 Å². The van der Waals surface area contributed by atoms with Crippen LogP contribution in [-0.4, -0.2) is 70.1 Å². The molecule has 4 heterocycles. The minimum absolute atomic E-state index is 0.202. The van der Waals surface area contributed by atoms with Crippen LogP contribution in [-0.2, 0) is 11.3 Å². The molecule has 2 aliphatic heterocycles. The van der Waals surface area contributed by atoms with Gasteiger partial charge in [0.15, 0.2) is 0 Å². The molecule has 178 valence electrons. The number of likely N-dealkylation sites (N-methyl/N-ethyl adjacent to an activating group) is 1. The molecule has 1 unspecified atom stereocenters. The SMILES string of the molecule is CN(Cc1ccc2cc(Oc3ccc(C4CCNN4)cn3)ccc2n1)[C@@H]1CCN(C(=O)CO)C1. The van der Waals surface area contributed by atoms with E-state index >= 15 is 0 Å². The molecule has 2 atom stereocenters. The van der Waals surface area contributed by atoms with Crippen molar-refractivity contribution in [3.63, 3.8) is 0 Å². The molecule has 9 nitrogen and oxygen atoms in total. The largest absolute Gasteiger partial charge is 0.439 e. The molecular weight excluding hydrogens is 432 g/mol. The molecule has 1 aromatic carbocycles. The van der Waals surface area contributed by atoms with E-state index in [1.807, 2.05) is 42.6 Å². The molecule has 3 N–H and O–H groups in total. The average Bonchev–Trinajstić information content (AvgIpc) is 3.57. The lowest BCUT2D eigenvalue weighted by atomic mass is 10.1. The summed E-state index contributed by atoms with van der Waals surface area (Å²) in [4.78, 5) is 24.9. The van der Waals surface area contributed by atoms with Gasteiger partial charge in [0.2, 0.25) is 11.8 Å². The second-order valence-electron chi connectivity index (χ2n) is 8.96. The number of rotatable bonds is 7. The number of aromatic nitrogens is 2. The van der Waals surface area contributed by atoms with E-state index in [-0.39, 0.29) is 18.0 Å². The lowest BCUT2D eigenvalue weighted by Crippen LogP contribution is -2.37. The molecule has 0 bridgehead atoms. The van der Waals surface area contributed by atoms with Gasteiger partial charge in [-0.15, -0.1) is 0 Å². The molecule has 1 amide bonds. The van der Waals surface area contributed by atoms with Gasteiger partial charge in [-0.2, -0.15) is 0 Å². The molecule has 0 aliphatic carbocycles. The fraction of sp³-hybridized carbons (Fsp3) is 0.400. The number of likely N-dealkylation sites (tertiary alicyclic amines) is 1. The van der Waals surface area contributed by atoms with Crippen LogP contribution in [0.3, 0.4) is 0 Å². The van der Waals surface area contributed by atoms with Gasteiger partial charge in [0.1, 0.15) is 12.4 Å². The summed E-state index contributed by atoms with van der Waals surface area (Å²) in [5, 5.41) is 10.1. The fourth-order valence-corrected chi connectivity index (χ4v) is 4.62. The molecule has 0 spiro atoms. The summed E-state index contributed by atoms with van der Waals surface area (Å²) in [6.07, 6.45) is 3.80. The minimum Gasteiger partial charge on any atom is -0.439 e. The van der Waals surface area contributed by atoms with Crippen molar-refractivity contribution in [2.45, 2.75) is 31.5 Å². The molecule has 0 radical (unpaired) electrons. The van der Waals surface area contributed by atoms with E-state index in [4.69, 9.17) is 14.8 Å². The van der Waals surface area contributed by atoms with E-state index in [1.165, 1.54) is 0 Å². The maximum Gasteiger partial charge on any atom is 0.248 e. The summed E-state index contributed by atoms with van der Waals surface area (Å²) in [6.45, 7) is 2.56. The number of ether oxygens (including phenoxy) is 1. The van der Waals surface area contributed by atoms with E-state index < -0.39 is 6.61 Å². The van der Waals surface area contributed by atoms with Gasteiger partial charge < -0.3 is 14.7 Å². The highest BCUT2D eigenvalue weighted by Crippen LogP contribution is 2.26. The molecule has 3 aromatic rings. The first-order valence-corrected chi connectivity index (χ1v) is 11.7. The number of carbonyl (C=O) groups excluding carboxylic acids is 1. The molecule has 2 aromatic heterocycles. The monoisotopic (exact) mass is 462 g/mol. The number of pyridine rings is 2.